The highest BCUT2D eigenvalue weighted by Crippen LogP contribution is 2.53. The van der Waals surface area contributed by atoms with Gasteiger partial charge < -0.3 is 15.1 Å². The number of thiophene rings is 1. The standard InChI is InChI=1S/C28H34FN7OS/c1-4-35-10-12-36(13-11-35)16-19-6-7-21(30-14-19)32-27-31-15-20(29)23(33-27)24-18(2)22-25(38-24)28(8-5-9-28)17-34(3)26(22)37/h6-7,14-15H,4-5,8-13,16-17H2,1-3H3,(H,30,31,32,33). The number of rotatable bonds is 6. The van der Waals surface area contributed by atoms with Crippen molar-refractivity contribution >= 4 is 29.0 Å². The highest BCUT2D eigenvalue weighted by Gasteiger charge is 2.48. The molecular formula is C28H34FN7OS. The van der Waals surface area contributed by atoms with E-state index in [0.717, 1.165) is 86.6 Å². The summed E-state index contributed by atoms with van der Waals surface area (Å²) in [6, 6.07) is 3.97. The summed E-state index contributed by atoms with van der Waals surface area (Å²) in [6.07, 6.45) is 6.35. The minimum absolute atomic E-state index is 0.00546. The molecule has 8 nitrogen and oxygen atoms in total. The van der Waals surface area contributed by atoms with Crippen LogP contribution in [0.5, 0.6) is 0 Å². The fourth-order valence-electron chi connectivity index (χ4n) is 5.96. The lowest BCUT2D eigenvalue weighted by Gasteiger charge is -2.47. The van der Waals surface area contributed by atoms with Crippen LogP contribution in [0.3, 0.4) is 0 Å². The van der Waals surface area contributed by atoms with Gasteiger partial charge in [0.15, 0.2) is 5.82 Å². The molecule has 2 aliphatic heterocycles. The Morgan fingerprint density at radius 1 is 1.11 bits per heavy atom. The molecule has 200 valence electrons. The molecule has 1 amide bonds. The summed E-state index contributed by atoms with van der Waals surface area (Å²) in [5.41, 5.74) is 2.93. The van der Waals surface area contributed by atoms with Crippen LogP contribution in [0, 0.1) is 12.7 Å². The molecule has 0 bridgehead atoms. The van der Waals surface area contributed by atoms with Crippen LogP contribution in [0.2, 0.25) is 0 Å². The molecule has 0 aromatic carbocycles. The Morgan fingerprint density at radius 3 is 2.53 bits per heavy atom. The van der Waals surface area contributed by atoms with Crippen LogP contribution in [0.25, 0.3) is 10.6 Å². The van der Waals surface area contributed by atoms with E-state index >= 15 is 4.39 Å². The molecular weight excluding hydrogens is 501 g/mol. The highest BCUT2D eigenvalue weighted by molar-refractivity contribution is 7.16. The van der Waals surface area contributed by atoms with Crippen molar-refractivity contribution in [3.05, 3.63) is 51.9 Å². The first-order valence-corrected chi connectivity index (χ1v) is 14.3. The van der Waals surface area contributed by atoms with Crippen molar-refractivity contribution in [3.63, 3.8) is 0 Å². The minimum atomic E-state index is -0.493. The van der Waals surface area contributed by atoms with Gasteiger partial charge in [0.05, 0.1) is 16.6 Å². The number of aromatic nitrogens is 3. The average molecular weight is 536 g/mol. The van der Waals surface area contributed by atoms with Crippen LogP contribution >= 0.6 is 11.3 Å². The number of carbonyl (C=O) groups is 1. The summed E-state index contributed by atoms with van der Waals surface area (Å²) in [7, 11) is 1.86. The Kier molecular flexibility index (Phi) is 6.65. The van der Waals surface area contributed by atoms with E-state index in [-0.39, 0.29) is 23.0 Å². The van der Waals surface area contributed by atoms with Crippen LogP contribution in [0.1, 0.15) is 52.5 Å². The molecule has 1 saturated carbocycles. The lowest BCUT2D eigenvalue weighted by molar-refractivity contribution is 0.0658. The smallest absolute Gasteiger partial charge is 0.255 e. The zero-order chi connectivity index (χ0) is 26.4. The Morgan fingerprint density at radius 2 is 1.87 bits per heavy atom. The van der Waals surface area contributed by atoms with Crippen molar-refractivity contribution in [1.29, 1.82) is 0 Å². The summed E-state index contributed by atoms with van der Waals surface area (Å²) in [5, 5.41) is 3.13. The zero-order valence-corrected chi connectivity index (χ0v) is 23.1. The van der Waals surface area contributed by atoms with Gasteiger partial charge in [-0.3, -0.25) is 9.69 Å². The maximum Gasteiger partial charge on any atom is 0.255 e. The Hall–Kier alpha value is -2.95. The van der Waals surface area contributed by atoms with E-state index in [1.165, 1.54) is 17.5 Å². The Bertz CT molecular complexity index is 1350. The van der Waals surface area contributed by atoms with Gasteiger partial charge in [0.1, 0.15) is 11.5 Å². The van der Waals surface area contributed by atoms with Gasteiger partial charge >= 0.3 is 0 Å². The number of fused-ring (bicyclic) bond motifs is 2. The van der Waals surface area contributed by atoms with Crippen molar-refractivity contribution < 1.29 is 9.18 Å². The van der Waals surface area contributed by atoms with E-state index < -0.39 is 5.82 Å². The third kappa shape index (κ3) is 4.48. The fourth-order valence-corrected chi connectivity index (χ4v) is 7.49. The topological polar surface area (TPSA) is 77.5 Å². The van der Waals surface area contributed by atoms with Gasteiger partial charge in [0, 0.05) is 62.8 Å². The molecule has 1 aliphatic carbocycles. The molecule has 0 unspecified atom stereocenters. The molecule has 38 heavy (non-hydrogen) atoms. The summed E-state index contributed by atoms with van der Waals surface area (Å²) < 4.78 is 15.1. The zero-order valence-electron chi connectivity index (χ0n) is 22.3. The molecule has 3 aromatic heterocycles. The van der Waals surface area contributed by atoms with Gasteiger partial charge in [-0.2, -0.15) is 0 Å². The second-order valence-electron chi connectivity index (χ2n) is 10.8. The maximum absolute atomic E-state index is 15.1. The summed E-state index contributed by atoms with van der Waals surface area (Å²) in [6.45, 7) is 11.2. The van der Waals surface area contributed by atoms with Crippen molar-refractivity contribution in [2.45, 2.75) is 45.1 Å². The predicted molar refractivity (Wildman–Crippen MR) is 147 cm³/mol. The molecule has 10 heteroatoms. The molecule has 3 aliphatic rings. The van der Waals surface area contributed by atoms with Crippen LogP contribution < -0.4 is 5.32 Å². The van der Waals surface area contributed by atoms with Crippen LogP contribution in [-0.2, 0) is 12.0 Å². The first-order chi connectivity index (χ1) is 18.4. The van der Waals surface area contributed by atoms with Gasteiger partial charge in [-0.1, -0.05) is 19.4 Å². The van der Waals surface area contributed by atoms with E-state index in [4.69, 9.17) is 0 Å². The number of piperazine rings is 1. The molecule has 6 rings (SSSR count). The lowest BCUT2D eigenvalue weighted by atomic mass is 9.65. The fraction of sp³-hybridized carbons (Fsp3) is 0.500. The molecule has 1 spiro atoms. The van der Waals surface area contributed by atoms with Crippen molar-refractivity contribution in [2.24, 2.45) is 0 Å². The molecule has 3 aromatic rings. The molecule has 0 atom stereocenters. The van der Waals surface area contributed by atoms with E-state index in [1.54, 1.807) is 0 Å². The van der Waals surface area contributed by atoms with Gasteiger partial charge in [-0.15, -0.1) is 11.3 Å². The summed E-state index contributed by atoms with van der Waals surface area (Å²) in [4.78, 5) is 34.9. The van der Waals surface area contributed by atoms with Gasteiger partial charge in [-0.25, -0.2) is 19.3 Å². The van der Waals surface area contributed by atoms with Crippen molar-refractivity contribution in [1.82, 2.24) is 29.7 Å². The van der Waals surface area contributed by atoms with Gasteiger partial charge in [-0.05, 0) is 43.5 Å². The Balaban J connectivity index is 1.21. The third-order valence-corrected chi connectivity index (χ3v) is 9.93. The maximum atomic E-state index is 15.1. The molecule has 5 heterocycles. The lowest BCUT2D eigenvalue weighted by Crippen LogP contribution is -2.50. The SMILES string of the molecule is CCN1CCN(Cc2ccc(Nc3ncc(F)c(-c4sc5c(c4C)C(=O)N(C)CC54CCC4)n3)nc2)CC1. The number of hydrogen-bond donors (Lipinski definition) is 1. The second-order valence-corrected chi connectivity index (χ2v) is 11.9. The van der Waals surface area contributed by atoms with E-state index in [2.05, 4.69) is 43.1 Å². The van der Waals surface area contributed by atoms with Crippen LogP contribution in [0.4, 0.5) is 16.2 Å². The average Bonchev–Trinajstić information content (AvgIpc) is 3.25. The first kappa shape index (κ1) is 25.3. The highest BCUT2D eigenvalue weighted by atomic mass is 32.1. The summed E-state index contributed by atoms with van der Waals surface area (Å²) >= 11 is 1.52. The Labute approximate surface area is 226 Å². The molecule has 2 fully saturated rings. The largest absolute Gasteiger partial charge is 0.341 e. The number of likely N-dealkylation sites (N-methyl/N-ethyl adjacent to an activating group) is 2. The number of amides is 1. The second kappa shape index (κ2) is 9.98. The number of anilines is 2. The number of nitrogens with zero attached hydrogens (tertiary/aromatic N) is 6. The quantitative estimate of drug-likeness (QED) is 0.500. The van der Waals surface area contributed by atoms with Crippen LogP contribution in [0.15, 0.2) is 24.5 Å². The monoisotopic (exact) mass is 535 g/mol. The van der Waals surface area contributed by atoms with E-state index in [9.17, 15) is 4.79 Å². The number of hydrogen-bond acceptors (Lipinski definition) is 8. The number of carbonyl (C=O) groups excluding carboxylic acids is 1. The van der Waals surface area contributed by atoms with Gasteiger partial charge in [0.2, 0.25) is 5.95 Å². The summed E-state index contributed by atoms with van der Waals surface area (Å²) in [5.74, 6) is 0.411. The van der Waals surface area contributed by atoms with Crippen molar-refractivity contribution in [2.75, 3.05) is 51.6 Å². The van der Waals surface area contributed by atoms with Gasteiger partial charge in [0.25, 0.3) is 5.91 Å². The minimum Gasteiger partial charge on any atom is -0.341 e. The van der Waals surface area contributed by atoms with Crippen molar-refractivity contribution in [3.8, 4) is 10.6 Å². The number of nitrogens with one attached hydrogen (secondary N) is 1. The van der Waals surface area contributed by atoms with E-state index in [0.29, 0.717) is 10.7 Å². The molecule has 1 N–H and O–H groups in total. The molecule has 1 saturated heterocycles. The van der Waals surface area contributed by atoms with Crippen LogP contribution in [-0.4, -0.2) is 81.9 Å². The first-order valence-electron chi connectivity index (χ1n) is 13.5. The molecule has 0 radical (unpaired) electrons. The van der Waals surface area contributed by atoms with E-state index in [1.807, 2.05) is 31.1 Å². The number of halogens is 1. The predicted octanol–water partition coefficient (Wildman–Crippen LogP) is 4.44. The third-order valence-electron chi connectivity index (χ3n) is 8.38. The number of pyridine rings is 1. The normalized spacial score (nSPS) is 19.5.